The van der Waals surface area contributed by atoms with Crippen LogP contribution in [0.1, 0.15) is 42.9 Å². The first kappa shape index (κ1) is 20.0. The summed E-state index contributed by atoms with van der Waals surface area (Å²) in [4.78, 5) is 14.9. The zero-order valence-electron chi connectivity index (χ0n) is 16.2. The van der Waals surface area contributed by atoms with E-state index in [4.69, 9.17) is 0 Å². The maximum Gasteiger partial charge on any atom is 0.233 e. The molecule has 2 aromatic carbocycles. The van der Waals surface area contributed by atoms with Gasteiger partial charge < -0.3 is 5.32 Å². The van der Waals surface area contributed by atoms with Crippen LogP contribution in [0.5, 0.6) is 0 Å². The number of amides is 1. The molecule has 0 spiro atoms. The Balaban J connectivity index is 1.40. The Morgan fingerprint density at radius 2 is 1.63 bits per heavy atom. The summed E-state index contributed by atoms with van der Waals surface area (Å²) in [5.74, 6) is 0.967. The van der Waals surface area contributed by atoms with Crippen LogP contribution in [-0.2, 0) is 23.6 Å². The zero-order valence-corrected chi connectivity index (χ0v) is 17.0. The maximum atomic E-state index is 12.3. The standard InChI is InChI=1S/C23H30N2OS/c1-19(27-18-22-8-4-2-5-9-22)23(26)24-16-20-10-12-21(13-11-20)17-25-14-6-3-7-15-25/h2,4-5,8-13,19H,3,6-7,14-18H2,1H3,(H,24,26)/t19-/m0/s1. The Hall–Kier alpha value is -1.78. The van der Waals surface area contributed by atoms with Gasteiger partial charge in [0.2, 0.25) is 5.91 Å². The minimum Gasteiger partial charge on any atom is -0.351 e. The van der Waals surface area contributed by atoms with Crippen molar-refractivity contribution < 1.29 is 4.79 Å². The highest BCUT2D eigenvalue weighted by molar-refractivity contribution is 7.99. The molecule has 3 nitrogen and oxygen atoms in total. The predicted octanol–water partition coefficient (Wildman–Crippen LogP) is 4.61. The van der Waals surface area contributed by atoms with Crippen LogP contribution in [-0.4, -0.2) is 29.1 Å². The summed E-state index contributed by atoms with van der Waals surface area (Å²) >= 11 is 1.68. The van der Waals surface area contributed by atoms with E-state index in [1.807, 2.05) is 25.1 Å². The minimum atomic E-state index is -0.0522. The van der Waals surface area contributed by atoms with Gasteiger partial charge in [0.15, 0.2) is 0 Å². The molecule has 0 radical (unpaired) electrons. The zero-order chi connectivity index (χ0) is 18.9. The van der Waals surface area contributed by atoms with E-state index in [1.165, 1.54) is 43.5 Å². The van der Waals surface area contributed by atoms with Crippen LogP contribution in [0.2, 0.25) is 0 Å². The fraction of sp³-hybridized carbons (Fsp3) is 0.435. The normalized spacial score (nSPS) is 16.0. The number of thioether (sulfide) groups is 1. The van der Waals surface area contributed by atoms with Crippen LogP contribution in [0.15, 0.2) is 54.6 Å². The number of nitrogens with zero attached hydrogens (tertiary/aromatic N) is 1. The molecule has 2 aromatic rings. The third kappa shape index (κ3) is 6.71. The molecule has 1 saturated heterocycles. The Labute approximate surface area is 167 Å². The molecule has 1 aliphatic rings. The van der Waals surface area contributed by atoms with Crippen molar-refractivity contribution in [2.75, 3.05) is 13.1 Å². The largest absolute Gasteiger partial charge is 0.351 e. The van der Waals surface area contributed by atoms with E-state index in [-0.39, 0.29) is 11.2 Å². The summed E-state index contributed by atoms with van der Waals surface area (Å²) in [6.45, 7) is 6.05. The van der Waals surface area contributed by atoms with Gasteiger partial charge >= 0.3 is 0 Å². The quantitative estimate of drug-likeness (QED) is 0.723. The number of carbonyl (C=O) groups is 1. The van der Waals surface area contributed by atoms with Gasteiger partial charge in [-0.1, -0.05) is 61.0 Å². The Bertz CT molecular complexity index is 696. The molecule has 0 unspecified atom stereocenters. The van der Waals surface area contributed by atoms with Crippen LogP contribution in [0.25, 0.3) is 0 Å². The Morgan fingerprint density at radius 3 is 2.33 bits per heavy atom. The number of likely N-dealkylation sites (tertiary alicyclic amines) is 1. The van der Waals surface area contributed by atoms with Crippen molar-refractivity contribution in [2.45, 2.75) is 50.3 Å². The summed E-state index contributed by atoms with van der Waals surface area (Å²) in [6, 6.07) is 19.0. The molecule has 1 aliphatic heterocycles. The smallest absolute Gasteiger partial charge is 0.233 e. The predicted molar refractivity (Wildman–Crippen MR) is 115 cm³/mol. The van der Waals surface area contributed by atoms with Gasteiger partial charge in [-0.25, -0.2) is 0 Å². The first-order valence-electron chi connectivity index (χ1n) is 9.94. The average molecular weight is 383 g/mol. The van der Waals surface area contributed by atoms with Gasteiger partial charge in [-0.2, -0.15) is 0 Å². The number of rotatable bonds is 8. The third-order valence-corrected chi connectivity index (χ3v) is 6.27. The molecule has 0 bridgehead atoms. The number of benzene rings is 2. The van der Waals surface area contributed by atoms with E-state index in [9.17, 15) is 4.79 Å². The van der Waals surface area contributed by atoms with E-state index in [0.717, 1.165) is 17.9 Å². The fourth-order valence-electron chi connectivity index (χ4n) is 3.34. The second-order valence-corrected chi connectivity index (χ2v) is 8.64. The van der Waals surface area contributed by atoms with Crippen LogP contribution in [0, 0.1) is 0 Å². The van der Waals surface area contributed by atoms with Crippen molar-refractivity contribution in [1.29, 1.82) is 0 Å². The van der Waals surface area contributed by atoms with Gasteiger partial charge in [0, 0.05) is 18.8 Å². The number of carbonyl (C=O) groups excluding carboxylic acids is 1. The van der Waals surface area contributed by atoms with Gasteiger partial charge in [-0.05, 0) is 49.5 Å². The fourth-order valence-corrected chi connectivity index (χ4v) is 4.21. The number of piperidine rings is 1. The second-order valence-electron chi connectivity index (χ2n) is 7.31. The van der Waals surface area contributed by atoms with Crippen molar-refractivity contribution in [2.24, 2.45) is 0 Å². The van der Waals surface area contributed by atoms with Crippen LogP contribution in [0.3, 0.4) is 0 Å². The minimum absolute atomic E-state index is 0.0522. The highest BCUT2D eigenvalue weighted by Crippen LogP contribution is 2.18. The maximum absolute atomic E-state index is 12.3. The third-order valence-electron chi connectivity index (χ3n) is 5.06. The molecule has 3 rings (SSSR count). The SMILES string of the molecule is C[C@H](SCc1ccccc1)C(=O)NCc1ccc(CN2CCCCC2)cc1. The van der Waals surface area contributed by atoms with Crippen molar-refractivity contribution in [3.63, 3.8) is 0 Å². The molecule has 1 heterocycles. The van der Waals surface area contributed by atoms with Crippen molar-refractivity contribution >= 4 is 17.7 Å². The summed E-state index contributed by atoms with van der Waals surface area (Å²) in [5, 5.41) is 3.01. The highest BCUT2D eigenvalue weighted by atomic mass is 32.2. The first-order valence-corrected chi connectivity index (χ1v) is 11.0. The number of nitrogens with one attached hydrogen (secondary N) is 1. The molecular formula is C23H30N2OS. The summed E-state index contributed by atoms with van der Waals surface area (Å²) in [6.07, 6.45) is 4.02. The monoisotopic (exact) mass is 382 g/mol. The van der Waals surface area contributed by atoms with E-state index in [0.29, 0.717) is 6.54 Å². The van der Waals surface area contributed by atoms with Crippen molar-refractivity contribution in [1.82, 2.24) is 10.2 Å². The second kappa shape index (κ2) is 10.5. The summed E-state index contributed by atoms with van der Waals surface area (Å²) < 4.78 is 0. The molecule has 4 heteroatoms. The first-order chi connectivity index (χ1) is 13.2. The van der Waals surface area contributed by atoms with Gasteiger partial charge in [0.05, 0.1) is 5.25 Å². The molecule has 0 saturated carbocycles. The lowest BCUT2D eigenvalue weighted by Gasteiger charge is -2.26. The molecular weight excluding hydrogens is 352 g/mol. The Kier molecular flexibility index (Phi) is 7.79. The van der Waals surface area contributed by atoms with Crippen LogP contribution < -0.4 is 5.32 Å². The van der Waals surface area contributed by atoms with Gasteiger partial charge in [-0.3, -0.25) is 9.69 Å². The average Bonchev–Trinajstić information content (AvgIpc) is 2.73. The number of hydrogen-bond acceptors (Lipinski definition) is 3. The van der Waals surface area contributed by atoms with Crippen LogP contribution in [0.4, 0.5) is 0 Å². The number of hydrogen-bond donors (Lipinski definition) is 1. The highest BCUT2D eigenvalue weighted by Gasteiger charge is 2.13. The summed E-state index contributed by atoms with van der Waals surface area (Å²) in [5.41, 5.74) is 3.77. The van der Waals surface area contributed by atoms with E-state index >= 15 is 0 Å². The molecule has 144 valence electrons. The van der Waals surface area contributed by atoms with Gasteiger partial charge in [-0.15, -0.1) is 11.8 Å². The molecule has 27 heavy (non-hydrogen) atoms. The molecule has 0 aromatic heterocycles. The molecule has 1 atom stereocenters. The lowest BCUT2D eigenvalue weighted by atomic mass is 10.1. The van der Waals surface area contributed by atoms with Gasteiger partial charge in [0.1, 0.15) is 0 Å². The van der Waals surface area contributed by atoms with E-state index < -0.39 is 0 Å². The Morgan fingerprint density at radius 1 is 0.963 bits per heavy atom. The van der Waals surface area contributed by atoms with Crippen molar-refractivity contribution in [3.8, 4) is 0 Å². The van der Waals surface area contributed by atoms with E-state index in [2.05, 4.69) is 46.6 Å². The summed E-state index contributed by atoms with van der Waals surface area (Å²) in [7, 11) is 0. The lowest BCUT2D eigenvalue weighted by molar-refractivity contribution is -0.120. The van der Waals surface area contributed by atoms with E-state index in [1.54, 1.807) is 11.8 Å². The molecule has 1 N–H and O–H groups in total. The topological polar surface area (TPSA) is 32.3 Å². The van der Waals surface area contributed by atoms with Gasteiger partial charge in [0.25, 0.3) is 0 Å². The molecule has 1 amide bonds. The van der Waals surface area contributed by atoms with Crippen LogP contribution >= 0.6 is 11.8 Å². The molecule has 0 aliphatic carbocycles. The van der Waals surface area contributed by atoms with Crippen molar-refractivity contribution in [3.05, 3.63) is 71.3 Å². The lowest BCUT2D eigenvalue weighted by Crippen LogP contribution is -2.30. The molecule has 1 fully saturated rings.